The third-order valence-electron chi connectivity index (χ3n) is 2.90. The molecule has 0 aliphatic heterocycles. The number of hydrogen-bond donors (Lipinski definition) is 0. The van der Waals surface area contributed by atoms with Crippen LogP contribution in [0.5, 0.6) is 0 Å². The van der Waals surface area contributed by atoms with E-state index in [1.54, 1.807) is 24.3 Å². The van der Waals surface area contributed by atoms with Gasteiger partial charge in [0.05, 0.1) is 4.92 Å². The monoisotopic (exact) mass is 357 g/mol. The van der Waals surface area contributed by atoms with E-state index >= 15 is 0 Å². The van der Waals surface area contributed by atoms with E-state index in [0.717, 1.165) is 0 Å². The maximum Gasteiger partial charge on any atom is 0.272 e. The van der Waals surface area contributed by atoms with E-state index in [9.17, 15) is 14.5 Å². The molecular formula is C14H10BrClFNO2. The van der Waals surface area contributed by atoms with Gasteiger partial charge in [-0.15, -0.1) is 0 Å². The first-order chi connectivity index (χ1) is 9.50. The lowest BCUT2D eigenvalue weighted by molar-refractivity contribution is -0.385. The summed E-state index contributed by atoms with van der Waals surface area (Å²) in [6.45, 7) is 0. The van der Waals surface area contributed by atoms with Crippen molar-refractivity contribution in [2.45, 2.75) is 11.2 Å². The van der Waals surface area contributed by atoms with Crippen molar-refractivity contribution in [2.75, 3.05) is 0 Å². The number of hydrogen-bond acceptors (Lipinski definition) is 2. The fraction of sp³-hybridized carbons (Fsp3) is 0.143. The van der Waals surface area contributed by atoms with Gasteiger partial charge in [0.2, 0.25) is 0 Å². The van der Waals surface area contributed by atoms with Crippen LogP contribution in [-0.2, 0) is 6.42 Å². The summed E-state index contributed by atoms with van der Waals surface area (Å²) >= 11 is 9.35. The van der Waals surface area contributed by atoms with Crippen molar-refractivity contribution in [2.24, 2.45) is 0 Å². The smallest absolute Gasteiger partial charge is 0.258 e. The van der Waals surface area contributed by atoms with Crippen LogP contribution in [0.3, 0.4) is 0 Å². The van der Waals surface area contributed by atoms with Gasteiger partial charge in [-0.3, -0.25) is 10.1 Å². The topological polar surface area (TPSA) is 43.1 Å². The van der Waals surface area contributed by atoms with Gasteiger partial charge in [0.1, 0.15) is 5.82 Å². The summed E-state index contributed by atoms with van der Waals surface area (Å²) in [4.78, 5) is 10.1. The molecule has 0 saturated heterocycles. The summed E-state index contributed by atoms with van der Waals surface area (Å²) in [6, 6.07) is 10.8. The Balaban J connectivity index is 2.33. The number of rotatable bonds is 4. The number of halogens is 3. The molecule has 0 N–H and O–H groups in total. The summed E-state index contributed by atoms with van der Waals surface area (Å²) in [5.74, 6) is -0.432. The van der Waals surface area contributed by atoms with E-state index in [0.29, 0.717) is 16.1 Å². The molecular weight excluding hydrogens is 349 g/mol. The normalized spacial score (nSPS) is 12.2. The molecule has 6 heteroatoms. The van der Waals surface area contributed by atoms with Gasteiger partial charge in [-0.05, 0) is 18.6 Å². The molecule has 2 aromatic carbocycles. The van der Waals surface area contributed by atoms with Crippen molar-refractivity contribution < 1.29 is 9.31 Å². The molecule has 1 atom stereocenters. The highest BCUT2D eigenvalue weighted by Crippen LogP contribution is 2.35. The molecule has 1 unspecified atom stereocenters. The Morgan fingerprint density at radius 2 is 1.95 bits per heavy atom. The van der Waals surface area contributed by atoms with Crippen LogP contribution in [0.25, 0.3) is 0 Å². The summed E-state index contributed by atoms with van der Waals surface area (Å²) < 4.78 is 13.8. The summed E-state index contributed by atoms with van der Waals surface area (Å²) in [5, 5.41) is 11.3. The molecule has 20 heavy (non-hydrogen) atoms. The number of nitro groups is 1. The molecule has 104 valence electrons. The van der Waals surface area contributed by atoms with Crippen LogP contribution < -0.4 is 0 Å². The molecule has 2 aromatic rings. The molecule has 0 aromatic heterocycles. The second-order valence-electron chi connectivity index (χ2n) is 4.19. The quantitative estimate of drug-likeness (QED) is 0.435. The number of nitrogens with zero attached hydrogens (tertiary/aromatic N) is 1. The minimum Gasteiger partial charge on any atom is -0.258 e. The Morgan fingerprint density at radius 3 is 2.60 bits per heavy atom. The number of nitro benzene ring substituents is 1. The molecule has 2 rings (SSSR count). The summed E-state index contributed by atoms with van der Waals surface area (Å²) in [7, 11) is 0. The lowest BCUT2D eigenvalue weighted by atomic mass is 10.0. The van der Waals surface area contributed by atoms with Crippen LogP contribution >= 0.6 is 27.5 Å². The van der Waals surface area contributed by atoms with Gasteiger partial charge in [-0.25, -0.2) is 4.39 Å². The fourth-order valence-electron chi connectivity index (χ4n) is 1.97. The highest BCUT2D eigenvalue weighted by molar-refractivity contribution is 9.09. The Morgan fingerprint density at radius 1 is 1.25 bits per heavy atom. The third kappa shape index (κ3) is 3.16. The minimum atomic E-state index is -0.446. The first-order valence-electron chi connectivity index (χ1n) is 5.81. The van der Waals surface area contributed by atoms with E-state index < -0.39 is 15.6 Å². The highest BCUT2D eigenvalue weighted by Gasteiger charge is 2.21. The van der Waals surface area contributed by atoms with Gasteiger partial charge < -0.3 is 0 Å². The average Bonchev–Trinajstić information content (AvgIpc) is 2.38. The number of para-hydroxylation sites is 1. The van der Waals surface area contributed by atoms with E-state index in [-0.39, 0.29) is 12.1 Å². The van der Waals surface area contributed by atoms with Gasteiger partial charge >= 0.3 is 0 Å². The van der Waals surface area contributed by atoms with E-state index in [1.165, 1.54) is 18.2 Å². The Hall–Kier alpha value is -1.46. The molecule has 0 amide bonds. The van der Waals surface area contributed by atoms with E-state index in [4.69, 9.17) is 11.6 Å². The van der Waals surface area contributed by atoms with Gasteiger partial charge in [0, 0.05) is 27.0 Å². The molecule has 0 aliphatic rings. The van der Waals surface area contributed by atoms with E-state index in [1.807, 2.05) is 0 Å². The zero-order valence-electron chi connectivity index (χ0n) is 10.2. The molecule has 0 saturated carbocycles. The Bertz CT molecular complexity index is 631. The van der Waals surface area contributed by atoms with Crippen molar-refractivity contribution in [3.63, 3.8) is 0 Å². The lowest BCUT2D eigenvalue weighted by Crippen LogP contribution is -2.02. The van der Waals surface area contributed by atoms with Crippen molar-refractivity contribution in [1.29, 1.82) is 0 Å². The van der Waals surface area contributed by atoms with Gasteiger partial charge in [0.25, 0.3) is 5.69 Å². The first kappa shape index (κ1) is 14.9. The molecule has 0 bridgehead atoms. The lowest BCUT2D eigenvalue weighted by Gasteiger charge is -2.13. The van der Waals surface area contributed by atoms with Crippen molar-refractivity contribution >= 4 is 33.2 Å². The largest absolute Gasteiger partial charge is 0.272 e. The summed E-state index contributed by atoms with van der Waals surface area (Å²) in [5.41, 5.74) is 0.857. The van der Waals surface area contributed by atoms with Gasteiger partial charge in [-0.2, -0.15) is 0 Å². The Kier molecular flexibility index (Phi) is 4.73. The van der Waals surface area contributed by atoms with Crippen molar-refractivity contribution in [3.8, 4) is 0 Å². The van der Waals surface area contributed by atoms with Gasteiger partial charge in [0.15, 0.2) is 0 Å². The van der Waals surface area contributed by atoms with E-state index in [2.05, 4.69) is 15.9 Å². The fourth-order valence-corrected chi connectivity index (χ4v) is 3.21. The van der Waals surface area contributed by atoms with Crippen LogP contribution in [0, 0.1) is 15.9 Å². The zero-order valence-corrected chi connectivity index (χ0v) is 12.6. The second kappa shape index (κ2) is 6.33. The number of benzene rings is 2. The van der Waals surface area contributed by atoms with Crippen LogP contribution in [0.2, 0.25) is 5.02 Å². The molecule has 0 spiro atoms. The summed E-state index contributed by atoms with van der Waals surface area (Å²) in [6.07, 6.45) is 0.276. The maximum atomic E-state index is 13.8. The molecule has 0 radical (unpaired) electrons. The predicted octanol–water partition coefficient (Wildman–Crippen LogP) is 5.07. The first-order valence-corrected chi connectivity index (χ1v) is 7.10. The average molecular weight is 359 g/mol. The molecule has 3 nitrogen and oxygen atoms in total. The molecule has 0 fully saturated rings. The van der Waals surface area contributed by atoms with Crippen molar-refractivity contribution in [3.05, 3.63) is 74.5 Å². The number of alkyl halides is 1. The maximum absolute atomic E-state index is 13.8. The second-order valence-corrected chi connectivity index (χ2v) is 5.71. The molecule has 0 heterocycles. The van der Waals surface area contributed by atoms with Gasteiger partial charge in [-0.1, -0.05) is 51.8 Å². The van der Waals surface area contributed by atoms with Crippen LogP contribution in [0.4, 0.5) is 10.1 Å². The van der Waals surface area contributed by atoms with Crippen molar-refractivity contribution in [1.82, 2.24) is 0 Å². The molecule has 0 aliphatic carbocycles. The standard InChI is InChI=1S/C14H10BrClFNO2/c15-10(14-11(16)5-3-6-12(14)17)8-9-4-1-2-7-13(9)18(19)20/h1-7,10H,8H2. The third-order valence-corrected chi connectivity index (χ3v) is 4.01. The minimum absolute atomic E-state index is 0.0180. The van der Waals surface area contributed by atoms with Crippen LogP contribution in [0.1, 0.15) is 16.0 Å². The zero-order chi connectivity index (χ0) is 14.7. The highest BCUT2D eigenvalue weighted by atomic mass is 79.9. The van der Waals surface area contributed by atoms with Crippen LogP contribution in [-0.4, -0.2) is 4.92 Å². The SMILES string of the molecule is O=[N+]([O-])c1ccccc1CC(Br)c1c(F)cccc1Cl. The Labute approximate surface area is 128 Å². The predicted molar refractivity (Wildman–Crippen MR) is 79.9 cm³/mol. The van der Waals surface area contributed by atoms with Crippen LogP contribution in [0.15, 0.2) is 42.5 Å².